The van der Waals surface area contributed by atoms with Gasteiger partial charge in [0, 0.05) is 30.6 Å². The number of aromatic nitrogens is 1. The minimum absolute atomic E-state index is 0. The molecule has 0 atom stereocenters. The van der Waals surface area contributed by atoms with Gasteiger partial charge < -0.3 is 10.6 Å². The second-order valence-electron chi connectivity index (χ2n) is 7.37. The van der Waals surface area contributed by atoms with Crippen molar-refractivity contribution in [2.24, 2.45) is 10.9 Å². The standard InChI is InChI=1S/C21H30FN5S.HI/c1-15-16(2)28-20(26-15)13-25-21(23-3)24-12-17-8-10-27(11-9-17)14-18-6-4-5-7-19(18)22;/h4-7,17H,8-14H2,1-3H3,(H2,23,24,25);1H. The van der Waals surface area contributed by atoms with Gasteiger partial charge in [-0.25, -0.2) is 9.37 Å². The molecule has 8 heteroatoms. The minimum atomic E-state index is -0.105. The van der Waals surface area contributed by atoms with Crippen LogP contribution in [-0.2, 0) is 13.1 Å². The SMILES string of the molecule is CN=C(NCc1nc(C)c(C)s1)NCC1CCN(Cc2ccccc2F)CC1.I. The first-order valence-corrected chi connectivity index (χ1v) is 10.7. The molecule has 1 aliphatic rings. The van der Waals surface area contributed by atoms with Crippen molar-refractivity contribution in [2.75, 3.05) is 26.7 Å². The van der Waals surface area contributed by atoms with Crippen LogP contribution in [0.1, 0.15) is 34.0 Å². The molecule has 0 spiro atoms. The van der Waals surface area contributed by atoms with Crippen LogP contribution in [0, 0.1) is 25.6 Å². The van der Waals surface area contributed by atoms with Crippen molar-refractivity contribution in [3.05, 3.63) is 51.2 Å². The van der Waals surface area contributed by atoms with Gasteiger partial charge in [-0.15, -0.1) is 35.3 Å². The van der Waals surface area contributed by atoms with E-state index in [1.165, 1.54) is 4.88 Å². The zero-order chi connectivity index (χ0) is 19.9. The summed E-state index contributed by atoms with van der Waals surface area (Å²) in [5.74, 6) is 1.32. The van der Waals surface area contributed by atoms with E-state index in [2.05, 4.69) is 32.4 Å². The summed E-state index contributed by atoms with van der Waals surface area (Å²) >= 11 is 1.73. The molecule has 5 nitrogen and oxygen atoms in total. The van der Waals surface area contributed by atoms with Gasteiger partial charge in [-0.1, -0.05) is 18.2 Å². The molecule has 2 aromatic rings. The molecule has 2 N–H and O–H groups in total. The van der Waals surface area contributed by atoms with E-state index in [1.807, 2.05) is 19.1 Å². The number of halogens is 2. The minimum Gasteiger partial charge on any atom is -0.356 e. The highest BCUT2D eigenvalue weighted by Crippen LogP contribution is 2.19. The first-order valence-electron chi connectivity index (χ1n) is 9.88. The fourth-order valence-electron chi connectivity index (χ4n) is 3.45. The number of nitrogens with zero attached hydrogens (tertiary/aromatic N) is 3. The summed E-state index contributed by atoms with van der Waals surface area (Å²) in [4.78, 5) is 12.5. The van der Waals surface area contributed by atoms with Crippen LogP contribution in [0.15, 0.2) is 29.3 Å². The molecular weight excluding hydrogens is 500 g/mol. The second kappa shape index (κ2) is 11.8. The Kier molecular flexibility index (Phi) is 9.78. The molecule has 0 aliphatic carbocycles. The molecule has 0 radical (unpaired) electrons. The number of benzene rings is 1. The first kappa shape index (κ1) is 24.0. The van der Waals surface area contributed by atoms with E-state index in [9.17, 15) is 4.39 Å². The summed E-state index contributed by atoms with van der Waals surface area (Å²) in [6.45, 7) is 8.45. The van der Waals surface area contributed by atoms with E-state index in [4.69, 9.17) is 0 Å². The molecule has 1 saturated heterocycles. The molecule has 1 aliphatic heterocycles. The third kappa shape index (κ3) is 7.18. The Morgan fingerprint density at radius 3 is 2.59 bits per heavy atom. The molecule has 3 rings (SSSR count). The average molecular weight is 531 g/mol. The van der Waals surface area contributed by atoms with Crippen LogP contribution in [0.25, 0.3) is 0 Å². The number of likely N-dealkylation sites (tertiary alicyclic amines) is 1. The van der Waals surface area contributed by atoms with Crippen molar-refractivity contribution in [3.8, 4) is 0 Å². The van der Waals surface area contributed by atoms with Crippen molar-refractivity contribution in [2.45, 2.75) is 39.8 Å². The van der Waals surface area contributed by atoms with E-state index >= 15 is 0 Å². The highest BCUT2D eigenvalue weighted by atomic mass is 127. The molecular formula is C21H31FIN5S. The van der Waals surface area contributed by atoms with Crippen molar-refractivity contribution in [1.82, 2.24) is 20.5 Å². The van der Waals surface area contributed by atoms with Crippen LogP contribution in [0.5, 0.6) is 0 Å². The summed E-state index contributed by atoms with van der Waals surface area (Å²) in [5, 5.41) is 7.87. The normalized spacial score (nSPS) is 15.8. The molecule has 160 valence electrons. The molecule has 1 aromatic carbocycles. The predicted molar refractivity (Wildman–Crippen MR) is 130 cm³/mol. The van der Waals surface area contributed by atoms with Gasteiger partial charge in [0.15, 0.2) is 5.96 Å². The van der Waals surface area contributed by atoms with Crippen molar-refractivity contribution in [1.29, 1.82) is 0 Å². The lowest BCUT2D eigenvalue weighted by molar-refractivity contribution is 0.176. The number of hydrogen-bond donors (Lipinski definition) is 2. The van der Waals surface area contributed by atoms with Gasteiger partial charge in [-0.3, -0.25) is 9.89 Å². The maximum absolute atomic E-state index is 13.8. The fraction of sp³-hybridized carbons (Fsp3) is 0.524. The summed E-state index contributed by atoms with van der Waals surface area (Å²) in [5.41, 5.74) is 1.89. The number of nitrogens with one attached hydrogen (secondary N) is 2. The molecule has 2 heterocycles. The Balaban J connectivity index is 0.00000300. The smallest absolute Gasteiger partial charge is 0.191 e. The van der Waals surface area contributed by atoms with Gasteiger partial charge in [-0.05, 0) is 51.8 Å². The maximum Gasteiger partial charge on any atom is 0.191 e. The van der Waals surface area contributed by atoms with Gasteiger partial charge in [0.2, 0.25) is 0 Å². The number of guanidine groups is 1. The first-order chi connectivity index (χ1) is 13.5. The molecule has 0 amide bonds. The molecule has 1 aromatic heterocycles. The van der Waals surface area contributed by atoms with Gasteiger partial charge in [0.25, 0.3) is 0 Å². The Bertz CT molecular complexity index is 783. The van der Waals surface area contributed by atoms with E-state index in [0.717, 1.165) is 54.7 Å². The Morgan fingerprint density at radius 1 is 1.24 bits per heavy atom. The molecule has 0 unspecified atom stereocenters. The third-order valence-corrected chi connectivity index (χ3v) is 6.39. The van der Waals surface area contributed by atoms with Crippen LogP contribution >= 0.6 is 35.3 Å². The van der Waals surface area contributed by atoms with E-state index in [0.29, 0.717) is 19.0 Å². The van der Waals surface area contributed by atoms with Gasteiger partial charge in [0.05, 0.1) is 12.2 Å². The topological polar surface area (TPSA) is 52.6 Å². The zero-order valence-electron chi connectivity index (χ0n) is 17.4. The summed E-state index contributed by atoms with van der Waals surface area (Å²) in [6, 6.07) is 7.07. The summed E-state index contributed by atoms with van der Waals surface area (Å²) < 4.78 is 13.8. The summed E-state index contributed by atoms with van der Waals surface area (Å²) in [6.07, 6.45) is 2.23. The van der Waals surface area contributed by atoms with Crippen LogP contribution in [0.3, 0.4) is 0 Å². The molecule has 29 heavy (non-hydrogen) atoms. The largest absolute Gasteiger partial charge is 0.356 e. The predicted octanol–water partition coefficient (Wildman–Crippen LogP) is 4.09. The quantitative estimate of drug-likeness (QED) is 0.335. The molecule has 0 bridgehead atoms. The second-order valence-corrected chi connectivity index (χ2v) is 8.65. The van der Waals surface area contributed by atoms with Crippen LogP contribution < -0.4 is 10.6 Å². The highest BCUT2D eigenvalue weighted by Gasteiger charge is 2.20. The summed E-state index contributed by atoms with van der Waals surface area (Å²) in [7, 11) is 1.80. The van der Waals surface area contributed by atoms with Crippen molar-refractivity contribution >= 4 is 41.3 Å². The average Bonchev–Trinajstić information content (AvgIpc) is 3.02. The van der Waals surface area contributed by atoms with Gasteiger partial charge >= 0.3 is 0 Å². The Labute approximate surface area is 194 Å². The number of aliphatic imine (C=N–C) groups is 1. The number of rotatable bonds is 6. The van der Waals surface area contributed by atoms with Crippen LogP contribution in [0.2, 0.25) is 0 Å². The van der Waals surface area contributed by atoms with Crippen LogP contribution in [0.4, 0.5) is 4.39 Å². The number of piperidine rings is 1. The Hall–Kier alpha value is -1.26. The lowest BCUT2D eigenvalue weighted by Crippen LogP contribution is -2.42. The number of thiazole rings is 1. The fourth-order valence-corrected chi connectivity index (χ4v) is 4.33. The number of aryl methyl sites for hydroxylation is 2. The monoisotopic (exact) mass is 531 g/mol. The molecule has 0 saturated carbocycles. The van der Waals surface area contributed by atoms with E-state index in [1.54, 1.807) is 30.5 Å². The maximum atomic E-state index is 13.8. The third-order valence-electron chi connectivity index (χ3n) is 5.32. The highest BCUT2D eigenvalue weighted by molar-refractivity contribution is 14.0. The van der Waals surface area contributed by atoms with E-state index < -0.39 is 0 Å². The lowest BCUT2D eigenvalue weighted by atomic mass is 9.96. The number of hydrogen-bond acceptors (Lipinski definition) is 4. The van der Waals surface area contributed by atoms with Gasteiger partial charge in [0.1, 0.15) is 10.8 Å². The van der Waals surface area contributed by atoms with E-state index in [-0.39, 0.29) is 29.8 Å². The van der Waals surface area contributed by atoms with Crippen molar-refractivity contribution in [3.63, 3.8) is 0 Å². The molecule has 1 fully saturated rings. The Morgan fingerprint density at radius 2 is 1.97 bits per heavy atom. The van der Waals surface area contributed by atoms with Gasteiger partial charge in [-0.2, -0.15) is 0 Å². The zero-order valence-corrected chi connectivity index (χ0v) is 20.5. The van der Waals surface area contributed by atoms with Crippen molar-refractivity contribution < 1.29 is 4.39 Å². The lowest BCUT2D eigenvalue weighted by Gasteiger charge is -2.32. The van der Waals surface area contributed by atoms with Crippen LogP contribution in [-0.4, -0.2) is 42.5 Å².